The molecule has 2 aliphatic carbocycles. The number of amides is 1. The van der Waals surface area contributed by atoms with Crippen LogP contribution in [0, 0.1) is 0 Å². The van der Waals surface area contributed by atoms with E-state index in [0.717, 1.165) is 25.7 Å². The molecule has 22 heavy (non-hydrogen) atoms. The third kappa shape index (κ3) is 3.35. The van der Waals surface area contributed by atoms with Crippen LogP contribution in [0.15, 0.2) is 6.07 Å². The third-order valence-corrected chi connectivity index (χ3v) is 4.63. The summed E-state index contributed by atoms with van der Waals surface area (Å²) in [7, 11) is 0. The smallest absolute Gasteiger partial charge is 0.272 e. The zero-order chi connectivity index (χ0) is 15.9. The summed E-state index contributed by atoms with van der Waals surface area (Å²) in [6.45, 7) is 6.36. The molecule has 2 fully saturated rings. The molecule has 0 atom stereocenters. The first kappa shape index (κ1) is 15.5. The second kappa shape index (κ2) is 5.69. The number of rotatable bonds is 3. The normalized spacial score (nSPS) is 26.0. The molecule has 0 spiro atoms. The first-order valence-corrected chi connectivity index (χ1v) is 8.44. The Hall–Kier alpha value is -1.36. The highest BCUT2D eigenvalue weighted by molar-refractivity contribution is 5.92. The molecule has 2 N–H and O–H groups in total. The van der Waals surface area contributed by atoms with Crippen LogP contribution in [0.5, 0.6) is 0 Å². The van der Waals surface area contributed by atoms with E-state index in [9.17, 15) is 9.90 Å². The van der Waals surface area contributed by atoms with Gasteiger partial charge in [0.05, 0.1) is 11.6 Å². The fourth-order valence-corrected chi connectivity index (χ4v) is 3.19. The maximum absolute atomic E-state index is 12.5. The van der Waals surface area contributed by atoms with Crippen LogP contribution in [-0.2, 0) is 5.54 Å². The molecule has 0 radical (unpaired) electrons. The van der Waals surface area contributed by atoms with Crippen LogP contribution in [0.3, 0.4) is 0 Å². The lowest BCUT2D eigenvalue weighted by Gasteiger charge is -2.25. The van der Waals surface area contributed by atoms with E-state index in [2.05, 4.69) is 31.2 Å². The van der Waals surface area contributed by atoms with Crippen molar-refractivity contribution in [3.63, 3.8) is 0 Å². The number of aromatic nitrogens is 2. The van der Waals surface area contributed by atoms with E-state index in [0.29, 0.717) is 11.6 Å². The predicted molar refractivity (Wildman–Crippen MR) is 84.9 cm³/mol. The van der Waals surface area contributed by atoms with Crippen LogP contribution in [0.2, 0.25) is 0 Å². The number of nitrogens with one attached hydrogen (secondary N) is 1. The van der Waals surface area contributed by atoms with Gasteiger partial charge in [-0.25, -0.2) is 0 Å². The highest BCUT2D eigenvalue weighted by Crippen LogP contribution is 2.41. The van der Waals surface area contributed by atoms with Crippen molar-refractivity contribution >= 4 is 5.91 Å². The molecular weight excluding hydrogens is 278 g/mol. The van der Waals surface area contributed by atoms with Crippen LogP contribution in [0.25, 0.3) is 0 Å². The van der Waals surface area contributed by atoms with Crippen molar-refractivity contribution in [2.45, 2.75) is 82.9 Å². The molecule has 1 amide bonds. The van der Waals surface area contributed by atoms with Gasteiger partial charge in [0.15, 0.2) is 0 Å². The molecule has 5 nitrogen and oxygen atoms in total. The van der Waals surface area contributed by atoms with Gasteiger partial charge in [-0.15, -0.1) is 0 Å². The average molecular weight is 305 g/mol. The highest BCUT2D eigenvalue weighted by Gasteiger charge is 2.33. The maximum atomic E-state index is 12.5. The number of nitrogens with zero attached hydrogens (tertiary/aromatic N) is 2. The molecule has 0 unspecified atom stereocenters. The van der Waals surface area contributed by atoms with Gasteiger partial charge < -0.3 is 10.4 Å². The molecular formula is C17H27N3O2. The van der Waals surface area contributed by atoms with Crippen LogP contribution in [-0.4, -0.2) is 32.9 Å². The van der Waals surface area contributed by atoms with Crippen molar-refractivity contribution in [1.82, 2.24) is 15.1 Å². The molecule has 2 aliphatic rings. The fourth-order valence-electron chi connectivity index (χ4n) is 3.19. The van der Waals surface area contributed by atoms with E-state index in [1.165, 1.54) is 18.5 Å². The topological polar surface area (TPSA) is 67.2 Å². The molecule has 0 bridgehead atoms. The Morgan fingerprint density at radius 1 is 1.23 bits per heavy atom. The van der Waals surface area contributed by atoms with E-state index in [1.54, 1.807) is 0 Å². The number of aliphatic hydroxyl groups excluding tert-OH is 1. The van der Waals surface area contributed by atoms with Crippen molar-refractivity contribution < 1.29 is 9.90 Å². The zero-order valence-electron chi connectivity index (χ0n) is 13.8. The molecule has 1 aromatic heterocycles. The van der Waals surface area contributed by atoms with Crippen LogP contribution in [0.1, 0.15) is 81.4 Å². The summed E-state index contributed by atoms with van der Waals surface area (Å²) in [4.78, 5) is 12.5. The van der Waals surface area contributed by atoms with E-state index in [1.807, 2.05) is 10.7 Å². The SMILES string of the molecule is CC(C)(C)n1nc(C(=O)NC2CCC(O)CC2)cc1C1CC1. The summed E-state index contributed by atoms with van der Waals surface area (Å²) in [6, 6.07) is 2.13. The monoisotopic (exact) mass is 305 g/mol. The standard InChI is InChI=1S/C17H27N3O2/c1-17(2,3)20-15(11-4-5-11)10-14(19-20)16(22)18-12-6-8-13(21)9-7-12/h10-13,21H,4-9H2,1-3H3,(H,18,22). The number of hydrogen-bond acceptors (Lipinski definition) is 3. The zero-order valence-corrected chi connectivity index (χ0v) is 13.8. The van der Waals surface area contributed by atoms with Crippen LogP contribution < -0.4 is 5.32 Å². The Bertz CT molecular complexity index is 547. The largest absolute Gasteiger partial charge is 0.393 e. The first-order valence-electron chi connectivity index (χ1n) is 8.44. The van der Waals surface area contributed by atoms with Gasteiger partial charge in [-0.3, -0.25) is 9.48 Å². The van der Waals surface area contributed by atoms with E-state index < -0.39 is 0 Å². The molecule has 0 aromatic carbocycles. The Kier molecular flexibility index (Phi) is 4.02. The lowest BCUT2D eigenvalue weighted by molar-refractivity contribution is 0.0862. The Morgan fingerprint density at radius 3 is 2.41 bits per heavy atom. The lowest BCUT2D eigenvalue weighted by atomic mass is 9.93. The summed E-state index contributed by atoms with van der Waals surface area (Å²) in [5.74, 6) is 0.490. The molecule has 122 valence electrons. The maximum Gasteiger partial charge on any atom is 0.272 e. The number of carbonyl (C=O) groups excluding carboxylic acids is 1. The van der Waals surface area contributed by atoms with Gasteiger partial charge in [0.1, 0.15) is 5.69 Å². The molecule has 1 aromatic rings. The van der Waals surface area contributed by atoms with Crippen molar-refractivity contribution in [2.24, 2.45) is 0 Å². The molecule has 3 rings (SSSR count). The number of aliphatic hydroxyl groups is 1. The minimum absolute atomic E-state index is 0.0775. The van der Waals surface area contributed by atoms with Gasteiger partial charge in [-0.2, -0.15) is 5.10 Å². The quantitative estimate of drug-likeness (QED) is 0.902. The average Bonchev–Trinajstić information content (AvgIpc) is 3.18. The van der Waals surface area contributed by atoms with Gasteiger partial charge in [0.25, 0.3) is 5.91 Å². The number of carbonyl (C=O) groups is 1. The van der Waals surface area contributed by atoms with E-state index in [4.69, 9.17) is 0 Å². The van der Waals surface area contributed by atoms with Gasteiger partial charge in [0.2, 0.25) is 0 Å². The van der Waals surface area contributed by atoms with Gasteiger partial charge in [-0.05, 0) is 65.4 Å². The first-order chi connectivity index (χ1) is 10.3. The molecule has 2 saturated carbocycles. The van der Waals surface area contributed by atoms with Crippen LogP contribution in [0.4, 0.5) is 0 Å². The minimum atomic E-state index is -0.199. The van der Waals surface area contributed by atoms with Gasteiger partial charge >= 0.3 is 0 Å². The molecule has 5 heteroatoms. The Morgan fingerprint density at radius 2 is 1.86 bits per heavy atom. The highest BCUT2D eigenvalue weighted by atomic mass is 16.3. The van der Waals surface area contributed by atoms with Crippen LogP contribution >= 0.6 is 0 Å². The summed E-state index contributed by atoms with van der Waals surface area (Å²) in [5, 5.41) is 17.2. The molecule has 0 saturated heterocycles. The second-order valence-corrected chi connectivity index (χ2v) is 7.79. The Labute approximate surface area is 132 Å². The van der Waals surface area contributed by atoms with Gasteiger partial charge in [-0.1, -0.05) is 0 Å². The summed E-state index contributed by atoms with van der Waals surface area (Å²) in [5.41, 5.74) is 1.62. The number of hydrogen-bond donors (Lipinski definition) is 2. The fraction of sp³-hybridized carbons (Fsp3) is 0.765. The third-order valence-electron chi connectivity index (χ3n) is 4.63. The van der Waals surface area contributed by atoms with Gasteiger partial charge in [0, 0.05) is 17.7 Å². The lowest BCUT2D eigenvalue weighted by Crippen LogP contribution is -2.38. The minimum Gasteiger partial charge on any atom is -0.393 e. The second-order valence-electron chi connectivity index (χ2n) is 7.79. The van der Waals surface area contributed by atoms with E-state index in [-0.39, 0.29) is 23.6 Å². The Balaban J connectivity index is 1.72. The van der Waals surface area contributed by atoms with Crippen molar-refractivity contribution in [1.29, 1.82) is 0 Å². The summed E-state index contributed by atoms with van der Waals surface area (Å²) >= 11 is 0. The summed E-state index contributed by atoms with van der Waals surface area (Å²) in [6.07, 6.45) is 5.44. The molecule has 1 heterocycles. The van der Waals surface area contributed by atoms with E-state index >= 15 is 0 Å². The summed E-state index contributed by atoms with van der Waals surface area (Å²) < 4.78 is 2.02. The van der Waals surface area contributed by atoms with Crippen molar-refractivity contribution in [2.75, 3.05) is 0 Å². The molecule has 0 aliphatic heterocycles. The predicted octanol–water partition coefficient (Wildman–Crippen LogP) is 2.55. The van der Waals surface area contributed by atoms with Crippen molar-refractivity contribution in [3.8, 4) is 0 Å². The van der Waals surface area contributed by atoms with Crippen molar-refractivity contribution in [3.05, 3.63) is 17.5 Å².